The number of carbonyl (C=O) groups is 1. The Morgan fingerprint density at radius 1 is 1.00 bits per heavy atom. The molecule has 0 bridgehead atoms. The molecule has 0 saturated heterocycles. The molecule has 216 valence electrons. The van der Waals surface area contributed by atoms with Crippen LogP contribution in [-0.4, -0.2) is 42.6 Å². The molecule has 1 unspecified atom stereocenters. The molecule has 0 heterocycles. The Bertz CT molecular complexity index is 1470. The Balaban J connectivity index is 1.31. The average molecular weight is 557 g/mol. The minimum Gasteiger partial charge on any atom is -0.493 e. The van der Waals surface area contributed by atoms with Crippen LogP contribution in [0.1, 0.15) is 54.2 Å². The Labute approximate surface area is 242 Å². The van der Waals surface area contributed by atoms with Gasteiger partial charge in [-0.1, -0.05) is 32.0 Å². The van der Waals surface area contributed by atoms with Gasteiger partial charge >= 0.3 is 5.97 Å². The number of carbonyl (C=O) groups excluding carboxylic acids is 1. The Hall–Kier alpha value is -3.61. The summed E-state index contributed by atoms with van der Waals surface area (Å²) in [6.45, 7) is 10.7. The lowest BCUT2D eigenvalue weighted by Crippen LogP contribution is -2.33. The number of allylic oxidation sites excluding steroid dienone is 1. The molecule has 0 amide bonds. The van der Waals surface area contributed by atoms with Crippen molar-refractivity contribution in [3.05, 3.63) is 87.5 Å². The van der Waals surface area contributed by atoms with Crippen molar-refractivity contribution >= 4 is 11.5 Å². The standard InChI is InChI=1S/C35H40O6/c1-6-24-14-28-26(15-29-32(28)33(29)34(38)39-7-2)16-30(24)40-17-23-9-8-10-25(13-23)31-21(3)11-27(12-22(31)4)41-20-35(5,18-36)19-37/h8-14,16,29,36-37H,6-7,15,17-20H2,1-5H3. The monoisotopic (exact) mass is 556 g/mol. The van der Waals surface area contributed by atoms with Crippen LogP contribution < -0.4 is 9.47 Å². The summed E-state index contributed by atoms with van der Waals surface area (Å²) in [4.78, 5) is 12.3. The fraction of sp³-hybridized carbons (Fsp3) is 0.400. The van der Waals surface area contributed by atoms with Gasteiger partial charge < -0.3 is 24.4 Å². The van der Waals surface area contributed by atoms with Gasteiger partial charge in [-0.25, -0.2) is 4.79 Å². The summed E-state index contributed by atoms with van der Waals surface area (Å²) in [7, 11) is 0. The van der Waals surface area contributed by atoms with Gasteiger partial charge in [-0.15, -0.1) is 0 Å². The number of hydrogen-bond donors (Lipinski definition) is 2. The molecule has 0 spiro atoms. The van der Waals surface area contributed by atoms with Crippen LogP contribution >= 0.6 is 0 Å². The van der Waals surface area contributed by atoms with Gasteiger partial charge in [-0.2, -0.15) is 0 Å². The first-order valence-corrected chi connectivity index (χ1v) is 14.5. The normalized spacial score (nSPS) is 15.4. The molecular weight excluding hydrogens is 516 g/mol. The van der Waals surface area contributed by atoms with E-state index in [4.69, 9.17) is 14.2 Å². The van der Waals surface area contributed by atoms with Gasteiger partial charge in [-0.05, 0) is 114 Å². The number of aliphatic hydroxyl groups excluding tert-OH is 2. The number of rotatable bonds is 12. The van der Waals surface area contributed by atoms with Crippen molar-refractivity contribution in [1.82, 2.24) is 0 Å². The van der Waals surface area contributed by atoms with Crippen LogP contribution in [0, 0.1) is 25.2 Å². The maximum Gasteiger partial charge on any atom is 0.334 e. The molecule has 5 rings (SSSR count). The van der Waals surface area contributed by atoms with Crippen LogP contribution in [-0.2, 0) is 29.0 Å². The van der Waals surface area contributed by atoms with E-state index in [1.54, 1.807) is 6.92 Å². The number of ether oxygens (including phenoxy) is 3. The molecule has 6 nitrogen and oxygen atoms in total. The highest BCUT2D eigenvalue weighted by Crippen LogP contribution is 2.56. The van der Waals surface area contributed by atoms with Crippen LogP contribution in [0.5, 0.6) is 11.5 Å². The van der Waals surface area contributed by atoms with E-state index in [0.29, 0.717) is 13.2 Å². The molecule has 2 N–H and O–H groups in total. The lowest BCUT2D eigenvalue weighted by Gasteiger charge is -2.25. The summed E-state index contributed by atoms with van der Waals surface area (Å²) in [6.07, 6.45) is 1.68. The molecule has 0 fully saturated rings. The predicted octanol–water partition coefficient (Wildman–Crippen LogP) is 5.98. The number of fused-ring (bicyclic) bond motifs is 3. The summed E-state index contributed by atoms with van der Waals surface area (Å²) in [6, 6.07) is 16.8. The Morgan fingerprint density at radius 2 is 1.73 bits per heavy atom. The Morgan fingerprint density at radius 3 is 2.39 bits per heavy atom. The van der Waals surface area contributed by atoms with E-state index >= 15 is 0 Å². The van der Waals surface area contributed by atoms with E-state index in [-0.39, 0.29) is 31.7 Å². The zero-order chi connectivity index (χ0) is 29.3. The van der Waals surface area contributed by atoms with Gasteiger partial charge in [0.25, 0.3) is 0 Å². The number of hydrogen-bond acceptors (Lipinski definition) is 6. The van der Waals surface area contributed by atoms with Crippen LogP contribution in [0.4, 0.5) is 0 Å². The zero-order valence-corrected chi connectivity index (χ0v) is 24.7. The van der Waals surface area contributed by atoms with Crippen molar-refractivity contribution < 1.29 is 29.2 Å². The van der Waals surface area contributed by atoms with Gasteiger partial charge in [0.2, 0.25) is 0 Å². The van der Waals surface area contributed by atoms with Gasteiger partial charge in [0.15, 0.2) is 0 Å². The molecule has 1 atom stereocenters. The lowest BCUT2D eigenvalue weighted by molar-refractivity contribution is -0.138. The van der Waals surface area contributed by atoms with Crippen molar-refractivity contribution in [2.75, 3.05) is 26.4 Å². The van der Waals surface area contributed by atoms with Crippen molar-refractivity contribution in [2.24, 2.45) is 11.3 Å². The summed E-state index contributed by atoms with van der Waals surface area (Å²) in [5.41, 5.74) is 10.4. The molecule has 6 heteroatoms. The van der Waals surface area contributed by atoms with Crippen molar-refractivity contribution in [3.63, 3.8) is 0 Å². The highest BCUT2D eigenvalue weighted by Gasteiger charge is 2.48. The molecule has 2 aliphatic rings. The molecule has 41 heavy (non-hydrogen) atoms. The minimum atomic E-state index is -0.686. The van der Waals surface area contributed by atoms with Crippen molar-refractivity contribution in [2.45, 2.75) is 54.1 Å². The average Bonchev–Trinajstić information content (AvgIpc) is 3.56. The maximum absolute atomic E-state index is 12.3. The fourth-order valence-electron chi connectivity index (χ4n) is 5.82. The van der Waals surface area contributed by atoms with Gasteiger partial charge in [0.1, 0.15) is 18.1 Å². The van der Waals surface area contributed by atoms with E-state index < -0.39 is 5.41 Å². The third-order valence-corrected chi connectivity index (χ3v) is 8.25. The van der Waals surface area contributed by atoms with Crippen molar-refractivity contribution in [1.29, 1.82) is 0 Å². The van der Waals surface area contributed by atoms with Crippen LogP contribution in [0.15, 0.2) is 54.1 Å². The number of aryl methyl sites for hydroxylation is 3. The molecule has 0 aromatic heterocycles. The topological polar surface area (TPSA) is 85.2 Å². The number of aliphatic hydroxyl groups is 2. The summed E-state index contributed by atoms with van der Waals surface area (Å²) < 4.78 is 17.6. The maximum atomic E-state index is 12.3. The van der Waals surface area contributed by atoms with Gasteiger partial charge in [0.05, 0.1) is 26.4 Å². The molecule has 2 aliphatic carbocycles. The first-order chi connectivity index (χ1) is 19.7. The third kappa shape index (κ3) is 5.77. The lowest BCUT2D eigenvalue weighted by atomic mass is 9.93. The smallest absolute Gasteiger partial charge is 0.334 e. The molecular formula is C35H40O6. The first-order valence-electron chi connectivity index (χ1n) is 14.5. The van der Waals surface area contributed by atoms with Crippen LogP contribution in [0.2, 0.25) is 0 Å². The molecule has 3 aromatic rings. The van der Waals surface area contributed by atoms with E-state index in [1.807, 2.05) is 19.1 Å². The zero-order valence-electron chi connectivity index (χ0n) is 24.7. The highest BCUT2D eigenvalue weighted by atomic mass is 16.5. The van der Waals surface area contributed by atoms with E-state index in [1.165, 1.54) is 11.1 Å². The summed E-state index contributed by atoms with van der Waals surface area (Å²) in [5.74, 6) is 1.67. The third-order valence-electron chi connectivity index (χ3n) is 8.25. The molecule has 0 aliphatic heterocycles. The predicted molar refractivity (Wildman–Crippen MR) is 160 cm³/mol. The fourth-order valence-corrected chi connectivity index (χ4v) is 5.82. The van der Waals surface area contributed by atoms with Crippen LogP contribution in [0.25, 0.3) is 16.7 Å². The SMILES string of the molecule is CCOC(=O)C1=C2c3cc(CC)c(OCc4cccc(-c5c(C)cc(OCC(C)(CO)CO)cc5C)c4)cc3CC12. The molecule has 0 saturated carbocycles. The summed E-state index contributed by atoms with van der Waals surface area (Å²) >= 11 is 0. The Kier molecular flexibility index (Phi) is 8.25. The minimum absolute atomic E-state index is 0.144. The second-order valence-corrected chi connectivity index (χ2v) is 11.6. The van der Waals surface area contributed by atoms with Crippen LogP contribution in [0.3, 0.4) is 0 Å². The largest absolute Gasteiger partial charge is 0.493 e. The summed E-state index contributed by atoms with van der Waals surface area (Å²) in [5, 5.41) is 19.1. The quantitative estimate of drug-likeness (QED) is 0.267. The second-order valence-electron chi connectivity index (χ2n) is 11.6. The highest BCUT2D eigenvalue weighted by molar-refractivity contribution is 6.12. The van der Waals surface area contributed by atoms with E-state index in [0.717, 1.165) is 68.9 Å². The van der Waals surface area contributed by atoms with Gasteiger partial charge in [-0.3, -0.25) is 0 Å². The second kappa shape index (κ2) is 11.7. The van der Waals surface area contributed by atoms with Gasteiger partial charge in [0, 0.05) is 16.9 Å². The number of esters is 1. The van der Waals surface area contributed by atoms with Crippen molar-refractivity contribution in [3.8, 4) is 22.6 Å². The number of benzene rings is 3. The first kappa shape index (κ1) is 28.9. The van der Waals surface area contributed by atoms with E-state index in [2.05, 4.69) is 57.2 Å². The molecule has 0 radical (unpaired) electrons. The molecule has 3 aromatic carbocycles. The van der Waals surface area contributed by atoms with E-state index in [9.17, 15) is 15.0 Å².